The molecule has 1 heterocycles. The minimum atomic E-state index is -1.60. The first kappa shape index (κ1) is 12.9. The quantitative estimate of drug-likeness (QED) is 0.829. The van der Waals surface area contributed by atoms with Crippen LogP contribution in [0.3, 0.4) is 0 Å². The number of nitrogens with one attached hydrogen (secondary N) is 1. The minimum Gasteiger partial charge on any atom is -0.368 e. The average molecular weight is 259 g/mol. The summed E-state index contributed by atoms with van der Waals surface area (Å²) in [6.45, 7) is 0.471. The average Bonchev–Trinajstić information content (AvgIpc) is 2.40. The van der Waals surface area contributed by atoms with Crippen molar-refractivity contribution in [3.05, 3.63) is 29.6 Å². The first-order valence-corrected chi connectivity index (χ1v) is 5.65. The summed E-state index contributed by atoms with van der Waals surface area (Å²) in [6, 6.07) is 1.74. The number of amides is 1. The third-order valence-corrected chi connectivity index (χ3v) is 2.77. The fraction of sp³-hybridized carbons (Fsp3) is 0.417. The van der Waals surface area contributed by atoms with Crippen molar-refractivity contribution in [1.29, 1.82) is 0 Å². The van der Waals surface area contributed by atoms with E-state index in [1.165, 1.54) is 0 Å². The molecule has 1 saturated heterocycles. The Labute approximate surface area is 102 Å². The zero-order chi connectivity index (χ0) is 13.1. The van der Waals surface area contributed by atoms with E-state index in [1.807, 2.05) is 0 Å². The van der Waals surface area contributed by atoms with E-state index in [2.05, 4.69) is 5.32 Å². The van der Waals surface area contributed by atoms with Crippen molar-refractivity contribution in [3.63, 3.8) is 0 Å². The number of carbonyl (C=O) groups is 1. The minimum absolute atomic E-state index is 0.381. The van der Waals surface area contributed by atoms with Gasteiger partial charge < -0.3 is 10.1 Å². The summed E-state index contributed by atoms with van der Waals surface area (Å²) in [5, 5.41) is 2.20. The summed E-state index contributed by atoms with van der Waals surface area (Å²) in [4.78, 5) is 11.7. The number of ether oxygens (including phenoxy) is 1. The maximum Gasteiger partial charge on any atom is 0.253 e. The van der Waals surface area contributed by atoms with E-state index in [1.54, 1.807) is 0 Å². The van der Waals surface area contributed by atoms with E-state index in [4.69, 9.17) is 4.74 Å². The van der Waals surface area contributed by atoms with Gasteiger partial charge in [-0.25, -0.2) is 13.2 Å². The second-order valence-corrected chi connectivity index (χ2v) is 4.07. The molecule has 1 fully saturated rings. The summed E-state index contributed by atoms with van der Waals surface area (Å²) < 4.78 is 44.2. The van der Waals surface area contributed by atoms with E-state index >= 15 is 0 Å². The van der Waals surface area contributed by atoms with Gasteiger partial charge in [0.2, 0.25) is 0 Å². The monoisotopic (exact) mass is 259 g/mol. The molecular weight excluding hydrogens is 247 g/mol. The topological polar surface area (TPSA) is 38.3 Å². The molecule has 1 aliphatic rings. The maximum absolute atomic E-state index is 13.3. The lowest BCUT2D eigenvalue weighted by atomic mass is 10.1. The smallest absolute Gasteiger partial charge is 0.253 e. The van der Waals surface area contributed by atoms with E-state index < -0.39 is 29.5 Å². The number of carbonyl (C=O) groups excluding carboxylic acids is 1. The van der Waals surface area contributed by atoms with Gasteiger partial charge in [-0.3, -0.25) is 4.79 Å². The summed E-state index contributed by atoms with van der Waals surface area (Å²) >= 11 is 0. The van der Waals surface area contributed by atoms with Gasteiger partial charge in [-0.05, 0) is 31.4 Å². The van der Waals surface area contributed by atoms with Crippen LogP contribution in [0.5, 0.6) is 0 Å². The Morgan fingerprint density at radius 3 is 2.67 bits per heavy atom. The molecule has 1 unspecified atom stereocenters. The molecule has 0 saturated carbocycles. The Morgan fingerprint density at radius 1 is 1.22 bits per heavy atom. The zero-order valence-electron chi connectivity index (χ0n) is 9.51. The Kier molecular flexibility index (Phi) is 3.86. The van der Waals surface area contributed by atoms with Gasteiger partial charge in [0.1, 0.15) is 6.10 Å². The number of hydrogen-bond donors (Lipinski definition) is 1. The number of benzene rings is 1. The van der Waals surface area contributed by atoms with Crippen LogP contribution < -0.4 is 5.32 Å². The second-order valence-electron chi connectivity index (χ2n) is 4.07. The lowest BCUT2D eigenvalue weighted by Gasteiger charge is -2.21. The Balaban J connectivity index is 2.09. The molecule has 1 aromatic rings. The Bertz CT molecular complexity index is 459. The van der Waals surface area contributed by atoms with Gasteiger partial charge in [0.25, 0.3) is 5.91 Å². The van der Waals surface area contributed by atoms with Crippen LogP contribution in [0, 0.1) is 17.5 Å². The van der Waals surface area contributed by atoms with Crippen LogP contribution in [-0.2, 0) is 9.53 Å². The highest BCUT2D eigenvalue weighted by Gasteiger charge is 2.23. The van der Waals surface area contributed by atoms with E-state index in [0.717, 1.165) is 25.0 Å². The van der Waals surface area contributed by atoms with Crippen molar-refractivity contribution < 1.29 is 22.7 Å². The molecule has 18 heavy (non-hydrogen) atoms. The fourth-order valence-electron chi connectivity index (χ4n) is 1.78. The third kappa shape index (κ3) is 2.64. The van der Waals surface area contributed by atoms with E-state index in [9.17, 15) is 18.0 Å². The molecule has 98 valence electrons. The van der Waals surface area contributed by atoms with Crippen molar-refractivity contribution in [1.82, 2.24) is 0 Å². The number of hydrogen-bond acceptors (Lipinski definition) is 2. The van der Waals surface area contributed by atoms with Gasteiger partial charge in [0, 0.05) is 6.61 Å². The highest BCUT2D eigenvalue weighted by atomic mass is 19.2. The van der Waals surface area contributed by atoms with Gasteiger partial charge in [-0.1, -0.05) is 0 Å². The van der Waals surface area contributed by atoms with E-state index in [0.29, 0.717) is 13.0 Å². The van der Waals surface area contributed by atoms with Crippen LogP contribution in [0.15, 0.2) is 12.1 Å². The third-order valence-electron chi connectivity index (χ3n) is 2.77. The van der Waals surface area contributed by atoms with E-state index in [-0.39, 0.29) is 5.69 Å². The lowest BCUT2D eigenvalue weighted by molar-refractivity contribution is -0.130. The van der Waals surface area contributed by atoms with Gasteiger partial charge in [-0.2, -0.15) is 0 Å². The molecule has 1 aromatic carbocycles. The van der Waals surface area contributed by atoms with Crippen LogP contribution in [0.2, 0.25) is 0 Å². The molecule has 0 spiro atoms. The summed E-state index contributed by atoms with van der Waals surface area (Å²) in [5.74, 6) is -4.84. The summed E-state index contributed by atoms with van der Waals surface area (Å²) in [5.41, 5.74) is -0.381. The van der Waals surface area contributed by atoms with Crippen LogP contribution in [0.1, 0.15) is 19.3 Å². The largest absolute Gasteiger partial charge is 0.368 e. The summed E-state index contributed by atoms with van der Waals surface area (Å²) in [7, 11) is 0. The van der Waals surface area contributed by atoms with Gasteiger partial charge in [0.15, 0.2) is 17.5 Å². The molecule has 6 heteroatoms. The summed E-state index contributed by atoms with van der Waals surface area (Å²) in [6.07, 6.45) is 1.60. The fourth-order valence-corrected chi connectivity index (χ4v) is 1.78. The zero-order valence-corrected chi connectivity index (χ0v) is 9.51. The lowest BCUT2D eigenvalue weighted by Crippen LogP contribution is -2.33. The highest BCUT2D eigenvalue weighted by molar-refractivity contribution is 5.94. The maximum atomic E-state index is 13.3. The van der Waals surface area contributed by atoms with Crippen LogP contribution in [-0.4, -0.2) is 18.6 Å². The molecule has 0 aromatic heterocycles. The molecule has 0 aliphatic carbocycles. The molecule has 0 bridgehead atoms. The van der Waals surface area contributed by atoms with Crippen LogP contribution in [0.4, 0.5) is 18.9 Å². The highest BCUT2D eigenvalue weighted by Crippen LogP contribution is 2.21. The molecule has 3 nitrogen and oxygen atoms in total. The van der Waals surface area contributed by atoms with Gasteiger partial charge in [0.05, 0.1) is 5.69 Å². The van der Waals surface area contributed by atoms with Crippen LogP contribution >= 0.6 is 0 Å². The molecule has 1 N–H and O–H groups in total. The Hall–Kier alpha value is -1.56. The number of halogens is 3. The standard InChI is InChI=1S/C12H12F3NO2/c13-7-4-5-8(11(15)10(7)14)16-12(17)9-3-1-2-6-18-9/h4-5,9H,1-3,6H2,(H,16,17). The normalized spacial score (nSPS) is 19.6. The van der Waals surface area contributed by atoms with Crippen LogP contribution in [0.25, 0.3) is 0 Å². The number of rotatable bonds is 2. The molecule has 2 rings (SSSR count). The Morgan fingerprint density at radius 2 is 2.00 bits per heavy atom. The SMILES string of the molecule is O=C(Nc1ccc(F)c(F)c1F)C1CCCCO1. The molecule has 1 amide bonds. The molecule has 1 atom stereocenters. The predicted octanol–water partition coefficient (Wildman–Crippen LogP) is 2.61. The van der Waals surface area contributed by atoms with Gasteiger partial charge >= 0.3 is 0 Å². The van der Waals surface area contributed by atoms with Crippen molar-refractivity contribution >= 4 is 11.6 Å². The number of anilines is 1. The molecule has 0 radical (unpaired) electrons. The van der Waals surface area contributed by atoms with Crippen molar-refractivity contribution in [2.75, 3.05) is 11.9 Å². The molecular formula is C12H12F3NO2. The first-order valence-electron chi connectivity index (χ1n) is 5.65. The van der Waals surface area contributed by atoms with Gasteiger partial charge in [-0.15, -0.1) is 0 Å². The van der Waals surface area contributed by atoms with Crippen molar-refractivity contribution in [2.24, 2.45) is 0 Å². The van der Waals surface area contributed by atoms with Crippen molar-refractivity contribution in [3.8, 4) is 0 Å². The predicted molar refractivity (Wildman–Crippen MR) is 58.5 cm³/mol. The first-order chi connectivity index (χ1) is 8.59. The van der Waals surface area contributed by atoms with Crippen molar-refractivity contribution in [2.45, 2.75) is 25.4 Å². The molecule has 1 aliphatic heterocycles. The second kappa shape index (κ2) is 5.39.